The molecule has 0 unspecified atom stereocenters. The van der Waals surface area contributed by atoms with Gasteiger partial charge in [0.05, 0.1) is 0 Å². The largest absolute Gasteiger partial charge is 0.480 e. The van der Waals surface area contributed by atoms with E-state index in [4.69, 9.17) is 10.8 Å². The summed E-state index contributed by atoms with van der Waals surface area (Å²) < 4.78 is 0. The first kappa shape index (κ1) is 16.2. The van der Waals surface area contributed by atoms with Crippen LogP contribution >= 0.6 is 0 Å². The van der Waals surface area contributed by atoms with Crippen molar-refractivity contribution in [1.82, 2.24) is 4.90 Å². The van der Waals surface area contributed by atoms with Crippen LogP contribution in [-0.2, 0) is 9.59 Å². The van der Waals surface area contributed by atoms with Crippen LogP contribution in [-0.4, -0.2) is 40.5 Å². The molecule has 3 N–H and O–H groups in total. The van der Waals surface area contributed by atoms with Crippen LogP contribution in [0.15, 0.2) is 36.4 Å². The van der Waals surface area contributed by atoms with Gasteiger partial charge in [-0.15, -0.1) is 0 Å². The van der Waals surface area contributed by atoms with Gasteiger partial charge < -0.3 is 15.7 Å². The fourth-order valence-electron chi connectivity index (χ4n) is 2.25. The molecule has 1 atom stereocenters. The molecule has 0 bridgehead atoms. The number of rotatable bonds is 8. The quantitative estimate of drug-likeness (QED) is 0.768. The van der Waals surface area contributed by atoms with Gasteiger partial charge in [0, 0.05) is 19.0 Å². The number of amides is 1. The van der Waals surface area contributed by atoms with Crippen molar-refractivity contribution in [3.8, 4) is 0 Å². The van der Waals surface area contributed by atoms with E-state index in [1.54, 1.807) is 0 Å². The number of nitrogens with two attached hydrogens (primary N) is 1. The molecule has 1 aromatic rings. The summed E-state index contributed by atoms with van der Waals surface area (Å²) in [7, 11) is 0. The van der Waals surface area contributed by atoms with Gasteiger partial charge in [0.2, 0.25) is 5.91 Å². The van der Waals surface area contributed by atoms with Crippen molar-refractivity contribution >= 4 is 18.0 Å². The molecule has 5 heteroatoms. The minimum Gasteiger partial charge on any atom is -0.480 e. The lowest BCUT2D eigenvalue weighted by molar-refractivity contribution is -0.139. The fourth-order valence-corrected chi connectivity index (χ4v) is 2.25. The van der Waals surface area contributed by atoms with Gasteiger partial charge in [-0.2, -0.15) is 0 Å². The molecule has 1 aromatic carbocycles. The molecular formula is C17H22N2O3. The highest BCUT2D eigenvalue weighted by Gasteiger charge is 2.31. The topological polar surface area (TPSA) is 83.6 Å². The molecular weight excluding hydrogens is 280 g/mol. The summed E-state index contributed by atoms with van der Waals surface area (Å²) in [5.41, 5.74) is 6.54. The van der Waals surface area contributed by atoms with Gasteiger partial charge in [0.25, 0.3) is 0 Å². The Kier molecular flexibility index (Phi) is 5.72. The van der Waals surface area contributed by atoms with Crippen molar-refractivity contribution in [3.63, 3.8) is 0 Å². The molecule has 0 aromatic heterocycles. The Morgan fingerprint density at radius 3 is 2.59 bits per heavy atom. The second-order valence-corrected chi connectivity index (χ2v) is 5.57. The first-order chi connectivity index (χ1) is 10.6. The number of aliphatic carboxylic acids is 1. The first-order valence-corrected chi connectivity index (χ1v) is 7.57. The third-order valence-electron chi connectivity index (χ3n) is 3.71. The molecule has 0 heterocycles. The Morgan fingerprint density at radius 1 is 1.32 bits per heavy atom. The molecule has 2 rings (SSSR count). The first-order valence-electron chi connectivity index (χ1n) is 7.57. The maximum absolute atomic E-state index is 12.2. The summed E-state index contributed by atoms with van der Waals surface area (Å²) in [6.45, 7) is 0.556. The van der Waals surface area contributed by atoms with Crippen molar-refractivity contribution in [2.45, 2.75) is 37.8 Å². The summed E-state index contributed by atoms with van der Waals surface area (Å²) in [6, 6.07) is 9.24. The Hall–Kier alpha value is -2.14. The van der Waals surface area contributed by atoms with Crippen LogP contribution in [0, 0.1) is 0 Å². The van der Waals surface area contributed by atoms with Gasteiger partial charge in [-0.05, 0) is 24.8 Å². The third kappa shape index (κ3) is 5.00. The second kappa shape index (κ2) is 7.75. The highest BCUT2D eigenvalue weighted by molar-refractivity contribution is 5.79. The maximum atomic E-state index is 12.2. The van der Waals surface area contributed by atoms with Crippen molar-refractivity contribution in [2.24, 2.45) is 5.73 Å². The Balaban J connectivity index is 1.86. The summed E-state index contributed by atoms with van der Waals surface area (Å²) in [4.78, 5) is 24.8. The van der Waals surface area contributed by atoms with Crippen molar-refractivity contribution in [2.75, 3.05) is 6.54 Å². The molecule has 1 aliphatic carbocycles. The van der Waals surface area contributed by atoms with E-state index in [1.807, 2.05) is 47.4 Å². The van der Waals surface area contributed by atoms with Crippen molar-refractivity contribution in [3.05, 3.63) is 42.0 Å². The molecule has 22 heavy (non-hydrogen) atoms. The molecule has 0 aliphatic heterocycles. The van der Waals surface area contributed by atoms with E-state index in [0.717, 1.165) is 18.4 Å². The lowest BCUT2D eigenvalue weighted by Gasteiger charge is -2.21. The molecule has 1 saturated carbocycles. The Bertz CT molecular complexity index is 538. The monoisotopic (exact) mass is 302 g/mol. The maximum Gasteiger partial charge on any atom is 0.320 e. The van der Waals surface area contributed by atoms with E-state index in [-0.39, 0.29) is 18.7 Å². The van der Waals surface area contributed by atoms with E-state index in [1.165, 1.54) is 0 Å². The van der Waals surface area contributed by atoms with Crippen LogP contribution in [0.2, 0.25) is 0 Å². The van der Waals surface area contributed by atoms with Crippen molar-refractivity contribution < 1.29 is 14.7 Å². The lowest BCUT2D eigenvalue weighted by atomic mass is 10.1. The normalized spacial score (nSPS) is 15.7. The number of carboxylic acid groups (broad SMARTS) is 1. The van der Waals surface area contributed by atoms with Crippen LogP contribution < -0.4 is 5.73 Å². The third-order valence-corrected chi connectivity index (χ3v) is 3.71. The minimum atomic E-state index is -1.06. The zero-order valence-electron chi connectivity index (χ0n) is 12.5. The van der Waals surface area contributed by atoms with Crippen LogP contribution in [0.3, 0.4) is 0 Å². The molecule has 1 fully saturated rings. The molecule has 118 valence electrons. The number of nitrogens with zero attached hydrogens (tertiary/aromatic N) is 1. The molecule has 1 amide bonds. The van der Waals surface area contributed by atoms with Crippen molar-refractivity contribution in [1.29, 1.82) is 0 Å². The van der Waals surface area contributed by atoms with Gasteiger partial charge in [-0.1, -0.05) is 42.5 Å². The van der Waals surface area contributed by atoms with E-state index >= 15 is 0 Å². The number of carbonyl (C=O) groups is 2. The van der Waals surface area contributed by atoms with E-state index in [0.29, 0.717) is 12.6 Å². The van der Waals surface area contributed by atoms with Gasteiger partial charge in [-0.25, -0.2) is 0 Å². The van der Waals surface area contributed by atoms with Crippen LogP contribution in [0.5, 0.6) is 0 Å². The number of carbonyl (C=O) groups excluding carboxylic acids is 1. The van der Waals surface area contributed by atoms with E-state index < -0.39 is 12.0 Å². The van der Waals surface area contributed by atoms with Gasteiger partial charge in [0.15, 0.2) is 0 Å². The van der Waals surface area contributed by atoms with E-state index in [2.05, 4.69) is 0 Å². The van der Waals surface area contributed by atoms with Crippen LogP contribution in [0.25, 0.3) is 6.08 Å². The molecule has 0 spiro atoms. The van der Waals surface area contributed by atoms with Gasteiger partial charge in [0.1, 0.15) is 6.04 Å². The highest BCUT2D eigenvalue weighted by atomic mass is 16.4. The minimum absolute atomic E-state index is 0.0167. The zero-order chi connectivity index (χ0) is 15.9. The SMILES string of the molecule is N[C@@H](CCC(=O)N(C/C=C/c1ccccc1)C1CC1)C(=O)O. The second-order valence-electron chi connectivity index (χ2n) is 5.57. The predicted molar refractivity (Wildman–Crippen MR) is 85.1 cm³/mol. The summed E-state index contributed by atoms with van der Waals surface area (Å²) in [5.74, 6) is -1.08. The molecule has 0 saturated heterocycles. The van der Waals surface area contributed by atoms with E-state index in [9.17, 15) is 9.59 Å². The Morgan fingerprint density at radius 2 is 2.00 bits per heavy atom. The molecule has 0 radical (unpaired) electrons. The predicted octanol–water partition coefficient (Wildman–Crippen LogP) is 1.88. The summed E-state index contributed by atoms with van der Waals surface area (Å²) in [5, 5.41) is 8.76. The van der Waals surface area contributed by atoms with Crippen LogP contribution in [0.4, 0.5) is 0 Å². The lowest BCUT2D eigenvalue weighted by Crippen LogP contribution is -2.36. The smallest absolute Gasteiger partial charge is 0.320 e. The van der Waals surface area contributed by atoms with Gasteiger partial charge in [-0.3, -0.25) is 9.59 Å². The number of carboxylic acids is 1. The zero-order valence-corrected chi connectivity index (χ0v) is 12.5. The average Bonchev–Trinajstić information content (AvgIpc) is 3.34. The number of benzene rings is 1. The fraction of sp³-hybridized carbons (Fsp3) is 0.412. The molecule has 5 nitrogen and oxygen atoms in total. The standard InChI is InChI=1S/C17H22N2O3/c18-15(17(21)22)10-11-16(20)19(14-8-9-14)12-4-7-13-5-2-1-3-6-13/h1-7,14-15H,8-12,18H2,(H,21,22)/b7-4+/t15-/m0/s1. The van der Waals surface area contributed by atoms with Gasteiger partial charge >= 0.3 is 5.97 Å². The summed E-state index contributed by atoms with van der Waals surface area (Å²) in [6.07, 6.45) is 6.38. The summed E-state index contributed by atoms with van der Waals surface area (Å²) >= 11 is 0. The highest BCUT2D eigenvalue weighted by Crippen LogP contribution is 2.27. The average molecular weight is 302 g/mol. The molecule has 1 aliphatic rings. The Labute approximate surface area is 130 Å². The number of hydrogen-bond acceptors (Lipinski definition) is 3. The van der Waals surface area contributed by atoms with Crippen LogP contribution in [0.1, 0.15) is 31.2 Å². The number of hydrogen-bond donors (Lipinski definition) is 2.